The Hall–Kier alpha value is -0.580. The Bertz CT molecular complexity index is 301. The lowest BCUT2D eigenvalue weighted by molar-refractivity contribution is 0.0955. The molecule has 1 atom stereocenters. The topological polar surface area (TPSA) is 49.7 Å². The molecule has 1 aromatic rings. The highest BCUT2D eigenvalue weighted by atomic mass is 79.9. The van der Waals surface area contributed by atoms with Crippen LogP contribution in [-0.4, -0.2) is 30.0 Å². The van der Waals surface area contributed by atoms with E-state index in [0.717, 1.165) is 15.8 Å². The van der Waals surface area contributed by atoms with Gasteiger partial charge < -0.3 is 14.9 Å². The average Bonchev–Trinajstić information content (AvgIpc) is 2.18. The van der Waals surface area contributed by atoms with E-state index in [-0.39, 0.29) is 6.61 Å². The molecule has 0 aliphatic heterocycles. The van der Waals surface area contributed by atoms with Gasteiger partial charge >= 0.3 is 0 Å². The highest BCUT2D eigenvalue weighted by Crippen LogP contribution is 2.25. The van der Waals surface area contributed by atoms with E-state index < -0.39 is 6.10 Å². The van der Waals surface area contributed by atoms with Crippen LogP contribution >= 0.6 is 15.9 Å². The first-order chi connectivity index (χ1) is 6.67. The van der Waals surface area contributed by atoms with Crippen LogP contribution in [0.4, 0.5) is 0 Å². The van der Waals surface area contributed by atoms with E-state index in [1.807, 2.05) is 18.2 Å². The smallest absolute Gasteiger partial charge is 0.133 e. The molecule has 0 saturated heterocycles. The summed E-state index contributed by atoms with van der Waals surface area (Å²) in [5.41, 5.74) is 0.958. The largest absolute Gasteiger partial charge is 0.496 e. The zero-order chi connectivity index (χ0) is 10.6. The van der Waals surface area contributed by atoms with E-state index in [0.29, 0.717) is 6.42 Å². The van der Waals surface area contributed by atoms with E-state index in [9.17, 15) is 5.11 Å². The van der Waals surface area contributed by atoms with Gasteiger partial charge in [-0.3, -0.25) is 0 Å². The molecule has 0 amide bonds. The van der Waals surface area contributed by atoms with Gasteiger partial charge in [0.25, 0.3) is 0 Å². The molecule has 78 valence electrons. The third kappa shape index (κ3) is 2.97. The summed E-state index contributed by atoms with van der Waals surface area (Å²) in [6, 6.07) is 5.56. The molecule has 0 bridgehead atoms. The van der Waals surface area contributed by atoms with Crippen LogP contribution in [-0.2, 0) is 6.42 Å². The Morgan fingerprint density at radius 3 is 2.71 bits per heavy atom. The fraction of sp³-hybridized carbons (Fsp3) is 0.400. The molecule has 14 heavy (non-hydrogen) atoms. The van der Waals surface area contributed by atoms with Gasteiger partial charge in [0.2, 0.25) is 0 Å². The molecule has 1 aromatic carbocycles. The maximum Gasteiger partial charge on any atom is 0.133 e. The minimum atomic E-state index is -0.699. The number of aliphatic hydroxyl groups is 2. The summed E-state index contributed by atoms with van der Waals surface area (Å²) in [6.07, 6.45) is -0.255. The zero-order valence-electron chi connectivity index (χ0n) is 7.90. The number of rotatable bonds is 4. The Morgan fingerprint density at radius 1 is 1.50 bits per heavy atom. The number of methoxy groups -OCH3 is 1. The van der Waals surface area contributed by atoms with Crippen molar-refractivity contribution in [3.05, 3.63) is 28.2 Å². The molecule has 0 heterocycles. The lowest BCUT2D eigenvalue weighted by Crippen LogP contribution is -2.14. The van der Waals surface area contributed by atoms with Crippen LogP contribution in [0.25, 0.3) is 0 Å². The average molecular weight is 261 g/mol. The predicted octanol–water partition coefficient (Wildman–Crippen LogP) is 1.35. The second kappa shape index (κ2) is 5.34. The van der Waals surface area contributed by atoms with Gasteiger partial charge in [0, 0.05) is 6.42 Å². The van der Waals surface area contributed by atoms with Crippen LogP contribution in [0, 0.1) is 0 Å². The summed E-state index contributed by atoms with van der Waals surface area (Å²) in [7, 11) is 1.60. The fourth-order valence-electron chi connectivity index (χ4n) is 1.17. The minimum absolute atomic E-state index is 0.219. The van der Waals surface area contributed by atoms with Crippen molar-refractivity contribution < 1.29 is 14.9 Å². The molecule has 0 radical (unpaired) electrons. The van der Waals surface area contributed by atoms with Crippen molar-refractivity contribution in [2.45, 2.75) is 12.5 Å². The predicted molar refractivity (Wildman–Crippen MR) is 57.5 cm³/mol. The quantitative estimate of drug-likeness (QED) is 0.860. The summed E-state index contributed by atoms with van der Waals surface area (Å²) in [6.45, 7) is -0.219. The van der Waals surface area contributed by atoms with E-state index in [2.05, 4.69) is 15.9 Å². The van der Waals surface area contributed by atoms with Gasteiger partial charge in [-0.05, 0) is 33.6 Å². The Kier molecular flexibility index (Phi) is 4.38. The molecule has 1 rings (SSSR count). The molecule has 0 aromatic heterocycles. The molecule has 0 aliphatic rings. The van der Waals surface area contributed by atoms with Gasteiger partial charge in [-0.1, -0.05) is 6.07 Å². The van der Waals surface area contributed by atoms with Crippen molar-refractivity contribution in [3.8, 4) is 5.75 Å². The fourth-order valence-corrected chi connectivity index (χ4v) is 1.76. The molecule has 0 unspecified atom stereocenters. The monoisotopic (exact) mass is 260 g/mol. The zero-order valence-corrected chi connectivity index (χ0v) is 9.49. The molecule has 0 saturated carbocycles. The maximum atomic E-state index is 9.23. The third-order valence-corrected chi connectivity index (χ3v) is 2.52. The van der Waals surface area contributed by atoms with Crippen LogP contribution in [0.15, 0.2) is 22.7 Å². The highest BCUT2D eigenvalue weighted by Gasteiger charge is 2.06. The second-order valence-corrected chi connectivity index (χ2v) is 3.86. The highest BCUT2D eigenvalue weighted by molar-refractivity contribution is 9.10. The van der Waals surface area contributed by atoms with Crippen molar-refractivity contribution in [1.29, 1.82) is 0 Å². The number of hydrogen-bond donors (Lipinski definition) is 2. The number of benzene rings is 1. The van der Waals surface area contributed by atoms with E-state index >= 15 is 0 Å². The lowest BCUT2D eigenvalue weighted by atomic mass is 10.1. The van der Waals surface area contributed by atoms with Gasteiger partial charge in [-0.15, -0.1) is 0 Å². The van der Waals surface area contributed by atoms with Crippen molar-refractivity contribution in [2.75, 3.05) is 13.7 Å². The second-order valence-electron chi connectivity index (χ2n) is 3.01. The number of halogens is 1. The molecule has 3 nitrogen and oxygen atoms in total. The maximum absolute atomic E-state index is 9.23. The molecule has 2 N–H and O–H groups in total. The first-order valence-corrected chi connectivity index (χ1v) is 5.08. The SMILES string of the molecule is COc1ccc(C[C@H](O)CO)cc1Br. The Labute approximate surface area is 91.5 Å². The number of hydrogen-bond acceptors (Lipinski definition) is 3. The number of aliphatic hydroxyl groups excluding tert-OH is 2. The van der Waals surface area contributed by atoms with Gasteiger partial charge in [-0.2, -0.15) is 0 Å². The number of ether oxygens (including phenoxy) is 1. The molecule has 0 spiro atoms. The molecular formula is C10H13BrO3. The van der Waals surface area contributed by atoms with E-state index in [1.54, 1.807) is 7.11 Å². The van der Waals surface area contributed by atoms with Crippen LogP contribution in [0.1, 0.15) is 5.56 Å². The van der Waals surface area contributed by atoms with Gasteiger partial charge in [0.1, 0.15) is 5.75 Å². The van der Waals surface area contributed by atoms with Crippen LogP contribution in [0.2, 0.25) is 0 Å². The molecular weight excluding hydrogens is 248 g/mol. The van der Waals surface area contributed by atoms with Crippen molar-refractivity contribution in [1.82, 2.24) is 0 Å². The van der Waals surface area contributed by atoms with Gasteiger partial charge in [0.15, 0.2) is 0 Å². The summed E-state index contributed by atoms with van der Waals surface area (Å²) in [4.78, 5) is 0. The van der Waals surface area contributed by atoms with Crippen LogP contribution in [0.5, 0.6) is 5.75 Å². The minimum Gasteiger partial charge on any atom is -0.496 e. The molecule has 0 aliphatic carbocycles. The van der Waals surface area contributed by atoms with Gasteiger partial charge in [-0.25, -0.2) is 0 Å². The van der Waals surface area contributed by atoms with E-state index in [4.69, 9.17) is 9.84 Å². The van der Waals surface area contributed by atoms with Crippen molar-refractivity contribution >= 4 is 15.9 Å². The summed E-state index contributed by atoms with van der Waals surface area (Å²) >= 11 is 3.35. The summed E-state index contributed by atoms with van der Waals surface area (Å²) in [5.74, 6) is 0.757. The summed E-state index contributed by atoms with van der Waals surface area (Å²) < 4.78 is 5.92. The molecule has 0 fully saturated rings. The normalized spacial score (nSPS) is 12.6. The lowest BCUT2D eigenvalue weighted by Gasteiger charge is -2.09. The summed E-state index contributed by atoms with van der Waals surface area (Å²) in [5, 5.41) is 17.9. The first-order valence-electron chi connectivity index (χ1n) is 4.28. The Morgan fingerprint density at radius 2 is 2.21 bits per heavy atom. The van der Waals surface area contributed by atoms with Crippen LogP contribution < -0.4 is 4.74 Å². The first kappa shape index (κ1) is 11.5. The third-order valence-electron chi connectivity index (χ3n) is 1.90. The van der Waals surface area contributed by atoms with Crippen molar-refractivity contribution in [3.63, 3.8) is 0 Å². The van der Waals surface area contributed by atoms with E-state index in [1.165, 1.54) is 0 Å². The Balaban J connectivity index is 2.76. The standard InChI is InChI=1S/C10H13BrO3/c1-14-10-3-2-7(5-9(10)11)4-8(13)6-12/h2-3,5,8,12-13H,4,6H2,1H3/t8-/m0/s1. The molecule has 4 heteroatoms. The van der Waals surface area contributed by atoms with Crippen LogP contribution in [0.3, 0.4) is 0 Å². The van der Waals surface area contributed by atoms with Gasteiger partial charge in [0.05, 0.1) is 24.3 Å². The van der Waals surface area contributed by atoms with Crippen molar-refractivity contribution in [2.24, 2.45) is 0 Å².